The van der Waals surface area contributed by atoms with Gasteiger partial charge in [0.15, 0.2) is 11.5 Å². The molecule has 168 valence electrons. The van der Waals surface area contributed by atoms with E-state index in [0.717, 1.165) is 16.4 Å². The van der Waals surface area contributed by atoms with Crippen molar-refractivity contribution in [1.29, 1.82) is 0 Å². The van der Waals surface area contributed by atoms with Crippen molar-refractivity contribution >= 4 is 38.9 Å². The molecule has 0 fully saturated rings. The third-order valence-electron chi connectivity index (χ3n) is 4.37. The van der Waals surface area contributed by atoms with Gasteiger partial charge < -0.3 is 14.8 Å². The standard InChI is InChI=1S/C19H18ClF3N2O5S/c1-2-31(27,28)25(13-4-6-16-17(10-13)30-8-7-29-16)11-18(26)24-15-9-12(19(21,22)23)3-5-14(15)20/h3-6,9-10H,2,7-8,11H2,1H3,(H,24,26). The van der Waals surface area contributed by atoms with Crippen LogP contribution >= 0.6 is 11.6 Å². The summed E-state index contributed by atoms with van der Waals surface area (Å²) in [5.41, 5.74) is -1.13. The van der Waals surface area contributed by atoms with E-state index in [0.29, 0.717) is 24.2 Å². The number of hydrogen-bond acceptors (Lipinski definition) is 5. The number of rotatable bonds is 6. The smallest absolute Gasteiger partial charge is 0.416 e. The van der Waals surface area contributed by atoms with Crippen LogP contribution in [0.5, 0.6) is 11.5 Å². The normalized spacial score (nSPS) is 13.6. The summed E-state index contributed by atoms with van der Waals surface area (Å²) >= 11 is 5.90. The van der Waals surface area contributed by atoms with Crippen LogP contribution in [0.2, 0.25) is 5.02 Å². The average molecular weight is 479 g/mol. The zero-order chi connectivity index (χ0) is 22.8. The van der Waals surface area contributed by atoms with Crippen LogP contribution in [0.25, 0.3) is 0 Å². The summed E-state index contributed by atoms with van der Waals surface area (Å²) in [6.45, 7) is 1.36. The van der Waals surface area contributed by atoms with Crippen LogP contribution in [0.3, 0.4) is 0 Å². The molecule has 0 bridgehead atoms. The molecule has 1 aliphatic heterocycles. The molecule has 0 saturated heterocycles. The first-order chi connectivity index (χ1) is 14.5. The molecule has 2 aromatic carbocycles. The van der Waals surface area contributed by atoms with Crippen molar-refractivity contribution in [2.45, 2.75) is 13.1 Å². The Morgan fingerprint density at radius 2 is 1.81 bits per heavy atom. The lowest BCUT2D eigenvalue weighted by molar-refractivity contribution is -0.137. The molecule has 0 spiro atoms. The fourth-order valence-electron chi connectivity index (χ4n) is 2.81. The molecular formula is C19H18ClF3N2O5S. The number of fused-ring (bicyclic) bond motifs is 1. The molecule has 12 heteroatoms. The van der Waals surface area contributed by atoms with Gasteiger partial charge in [-0.3, -0.25) is 9.10 Å². The largest absolute Gasteiger partial charge is 0.486 e. The Balaban J connectivity index is 1.87. The van der Waals surface area contributed by atoms with Crippen LogP contribution in [0.1, 0.15) is 12.5 Å². The topological polar surface area (TPSA) is 84.9 Å². The van der Waals surface area contributed by atoms with Crippen LogP contribution in [0, 0.1) is 0 Å². The highest BCUT2D eigenvalue weighted by Crippen LogP contribution is 2.36. The van der Waals surface area contributed by atoms with Crippen molar-refractivity contribution in [2.24, 2.45) is 0 Å². The molecule has 7 nitrogen and oxygen atoms in total. The summed E-state index contributed by atoms with van der Waals surface area (Å²) < 4.78 is 75.7. The fraction of sp³-hybridized carbons (Fsp3) is 0.316. The van der Waals surface area contributed by atoms with Crippen molar-refractivity contribution in [1.82, 2.24) is 0 Å². The van der Waals surface area contributed by atoms with E-state index in [9.17, 15) is 26.4 Å². The molecule has 0 radical (unpaired) electrons. The van der Waals surface area contributed by atoms with Crippen molar-refractivity contribution in [3.63, 3.8) is 0 Å². The summed E-state index contributed by atoms with van der Waals surface area (Å²) in [5, 5.41) is 2.13. The Morgan fingerprint density at radius 3 is 2.45 bits per heavy atom. The highest BCUT2D eigenvalue weighted by Gasteiger charge is 2.31. The SMILES string of the molecule is CCS(=O)(=O)N(CC(=O)Nc1cc(C(F)(F)F)ccc1Cl)c1ccc2c(c1)OCCO2. The number of sulfonamides is 1. The zero-order valence-electron chi connectivity index (χ0n) is 16.2. The second kappa shape index (κ2) is 8.83. The number of amides is 1. The maximum absolute atomic E-state index is 12.9. The third kappa shape index (κ3) is 5.34. The van der Waals surface area contributed by atoms with Crippen molar-refractivity contribution < 1.29 is 35.9 Å². The van der Waals surface area contributed by atoms with Crippen LogP contribution in [-0.4, -0.2) is 39.8 Å². The molecule has 1 N–H and O–H groups in total. The second-order valence-electron chi connectivity index (χ2n) is 6.48. The number of hydrogen-bond donors (Lipinski definition) is 1. The molecule has 1 heterocycles. The molecule has 0 saturated carbocycles. The number of benzene rings is 2. The maximum Gasteiger partial charge on any atom is 0.416 e. The molecule has 31 heavy (non-hydrogen) atoms. The first-order valence-electron chi connectivity index (χ1n) is 9.08. The molecule has 0 aliphatic carbocycles. The number of halogens is 4. The van der Waals surface area contributed by atoms with Gasteiger partial charge in [-0.05, 0) is 37.3 Å². The van der Waals surface area contributed by atoms with E-state index in [4.69, 9.17) is 21.1 Å². The van der Waals surface area contributed by atoms with E-state index < -0.39 is 34.2 Å². The van der Waals surface area contributed by atoms with Crippen LogP contribution < -0.4 is 19.1 Å². The van der Waals surface area contributed by atoms with Gasteiger partial charge in [-0.25, -0.2) is 8.42 Å². The van der Waals surface area contributed by atoms with Crippen LogP contribution in [0.15, 0.2) is 36.4 Å². The van der Waals surface area contributed by atoms with Crippen LogP contribution in [-0.2, 0) is 21.0 Å². The highest BCUT2D eigenvalue weighted by atomic mass is 35.5. The molecule has 0 atom stereocenters. The van der Waals surface area contributed by atoms with E-state index in [1.807, 2.05) is 0 Å². The van der Waals surface area contributed by atoms with Crippen molar-refractivity contribution in [3.05, 3.63) is 47.0 Å². The van der Waals surface area contributed by atoms with E-state index in [2.05, 4.69) is 5.32 Å². The maximum atomic E-state index is 12.9. The minimum Gasteiger partial charge on any atom is -0.486 e. The summed E-state index contributed by atoms with van der Waals surface area (Å²) in [6, 6.07) is 6.85. The number of ether oxygens (including phenoxy) is 2. The Labute approximate surface area is 181 Å². The zero-order valence-corrected chi connectivity index (χ0v) is 17.8. The quantitative estimate of drug-likeness (QED) is 0.680. The van der Waals surface area contributed by atoms with E-state index in [1.54, 1.807) is 0 Å². The first-order valence-corrected chi connectivity index (χ1v) is 11.1. The lowest BCUT2D eigenvalue weighted by atomic mass is 10.2. The third-order valence-corrected chi connectivity index (χ3v) is 6.44. The number of carbonyl (C=O) groups is 1. The number of anilines is 2. The molecular weight excluding hydrogens is 461 g/mol. The predicted octanol–water partition coefficient (Wildman–Crippen LogP) is 3.92. The van der Waals surface area contributed by atoms with E-state index in [1.165, 1.54) is 25.1 Å². The Bertz CT molecular complexity index is 1090. The number of carbonyl (C=O) groups excluding carboxylic acids is 1. The second-order valence-corrected chi connectivity index (χ2v) is 9.06. The monoisotopic (exact) mass is 478 g/mol. The lowest BCUT2D eigenvalue weighted by Gasteiger charge is -2.25. The fourth-order valence-corrected chi connectivity index (χ4v) is 4.04. The molecule has 0 unspecified atom stereocenters. The average Bonchev–Trinajstić information content (AvgIpc) is 2.72. The van der Waals surface area contributed by atoms with E-state index in [-0.39, 0.29) is 28.8 Å². The Kier molecular flexibility index (Phi) is 6.56. The Morgan fingerprint density at radius 1 is 1.13 bits per heavy atom. The van der Waals surface area contributed by atoms with Gasteiger partial charge in [0.1, 0.15) is 19.8 Å². The van der Waals surface area contributed by atoms with E-state index >= 15 is 0 Å². The minimum absolute atomic E-state index is 0.120. The van der Waals surface area contributed by atoms with Crippen molar-refractivity contribution in [3.8, 4) is 11.5 Å². The summed E-state index contributed by atoms with van der Waals surface area (Å²) in [6.07, 6.45) is -4.63. The summed E-state index contributed by atoms with van der Waals surface area (Å²) in [5.74, 6) is -0.419. The number of alkyl halides is 3. The summed E-state index contributed by atoms with van der Waals surface area (Å²) in [4.78, 5) is 12.5. The van der Waals surface area contributed by atoms with Gasteiger partial charge in [0.25, 0.3) is 0 Å². The van der Waals surface area contributed by atoms with Gasteiger partial charge in [0, 0.05) is 6.07 Å². The van der Waals surface area contributed by atoms with Gasteiger partial charge >= 0.3 is 6.18 Å². The molecule has 2 aromatic rings. The van der Waals surface area contributed by atoms with Gasteiger partial charge in [-0.1, -0.05) is 11.6 Å². The van der Waals surface area contributed by atoms with Crippen molar-refractivity contribution in [2.75, 3.05) is 35.1 Å². The number of nitrogens with one attached hydrogen (secondary N) is 1. The molecule has 3 rings (SSSR count). The molecule has 0 aromatic heterocycles. The van der Waals surface area contributed by atoms with Gasteiger partial charge in [-0.2, -0.15) is 13.2 Å². The first kappa shape index (κ1) is 23.0. The summed E-state index contributed by atoms with van der Waals surface area (Å²) in [7, 11) is -3.91. The minimum atomic E-state index is -4.63. The Hall–Kier alpha value is -2.66. The molecule has 1 amide bonds. The highest BCUT2D eigenvalue weighted by molar-refractivity contribution is 7.92. The van der Waals surface area contributed by atoms with Gasteiger partial charge in [0.2, 0.25) is 15.9 Å². The number of nitrogens with zero attached hydrogens (tertiary/aromatic N) is 1. The van der Waals surface area contributed by atoms with Gasteiger partial charge in [-0.15, -0.1) is 0 Å². The van der Waals surface area contributed by atoms with Crippen LogP contribution in [0.4, 0.5) is 24.5 Å². The lowest BCUT2D eigenvalue weighted by Crippen LogP contribution is -2.39. The van der Waals surface area contributed by atoms with Gasteiger partial charge in [0.05, 0.1) is 27.7 Å². The predicted molar refractivity (Wildman–Crippen MR) is 109 cm³/mol. The molecule has 1 aliphatic rings.